The lowest BCUT2D eigenvalue weighted by atomic mass is 10.1. The number of anilines is 1. The van der Waals surface area contributed by atoms with Crippen LogP contribution in [0.5, 0.6) is 0 Å². The molecule has 0 fully saturated rings. The summed E-state index contributed by atoms with van der Waals surface area (Å²) in [6.07, 6.45) is 1.32. The van der Waals surface area contributed by atoms with Gasteiger partial charge in [-0.1, -0.05) is 24.3 Å². The minimum absolute atomic E-state index is 0.465. The first kappa shape index (κ1) is 11.6. The SMILES string of the molecule is Cc1nc(N)sc1Cc1ccc(CC#N)cc1. The molecule has 2 N–H and O–H groups in total. The number of nitriles is 1. The number of aryl methyl sites for hydroxylation is 1. The molecule has 0 unspecified atom stereocenters. The van der Waals surface area contributed by atoms with E-state index in [1.165, 1.54) is 21.8 Å². The number of thiazole rings is 1. The Bertz CT molecular complexity index is 549. The average molecular weight is 243 g/mol. The number of rotatable bonds is 3. The summed E-state index contributed by atoms with van der Waals surface area (Å²) < 4.78 is 0. The van der Waals surface area contributed by atoms with Crippen LogP contribution in [0.3, 0.4) is 0 Å². The normalized spacial score (nSPS) is 10.1. The van der Waals surface area contributed by atoms with Crippen molar-refractivity contribution in [3.63, 3.8) is 0 Å². The molecule has 86 valence electrons. The van der Waals surface area contributed by atoms with E-state index < -0.39 is 0 Å². The molecule has 1 aromatic carbocycles. The van der Waals surface area contributed by atoms with Gasteiger partial charge in [-0.3, -0.25) is 0 Å². The summed E-state index contributed by atoms with van der Waals surface area (Å²) in [5.41, 5.74) is 8.95. The van der Waals surface area contributed by atoms with Crippen molar-refractivity contribution in [2.24, 2.45) is 0 Å². The van der Waals surface area contributed by atoms with Crippen LogP contribution in [0, 0.1) is 18.3 Å². The Morgan fingerprint density at radius 1 is 1.29 bits per heavy atom. The molecule has 0 aliphatic rings. The molecule has 1 aromatic heterocycles. The van der Waals surface area contributed by atoms with Crippen LogP contribution in [-0.2, 0) is 12.8 Å². The first-order valence-electron chi connectivity index (χ1n) is 5.35. The zero-order valence-corrected chi connectivity index (χ0v) is 10.4. The van der Waals surface area contributed by atoms with Crippen LogP contribution in [0.4, 0.5) is 5.13 Å². The van der Waals surface area contributed by atoms with Gasteiger partial charge >= 0.3 is 0 Å². The van der Waals surface area contributed by atoms with Gasteiger partial charge < -0.3 is 5.73 Å². The van der Waals surface area contributed by atoms with Crippen molar-refractivity contribution in [2.45, 2.75) is 19.8 Å². The van der Waals surface area contributed by atoms with Crippen molar-refractivity contribution in [3.8, 4) is 6.07 Å². The topological polar surface area (TPSA) is 62.7 Å². The van der Waals surface area contributed by atoms with E-state index in [-0.39, 0.29) is 0 Å². The number of nitrogens with two attached hydrogens (primary N) is 1. The molecule has 0 atom stereocenters. The second-order valence-electron chi connectivity index (χ2n) is 3.89. The molecule has 17 heavy (non-hydrogen) atoms. The van der Waals surface area contributed by atoms with Gasteiger partial charge in [-0.15, -0.1) is 11.3 Å². The molecule has 0 spiro atoms. The number of aromatic nitrogens is 1. The second-order valence-corrected chi connectivity index (χ2v) is 5.00. The van der Waals surface area contributed by atoms with Gasteiger partial charge in [0, 0.05) is 11.3 Å². The van der Waals surface area contributed by atoms with Crippen molar-refractivity contribution in [1.82, 2.24) is 4.98 Å². The van der Waals surface area contributed by atoms with Crippen molar-refractivity contribution in [1.29, 1.82) is 5.26 Å². The average Bonchev–Trinajstić information content (AvgIpc) is 2.61. The van der Waals surface area contributed by atoms with Gasteiger partial charge in [-0.2, -0.15) is 5.26 Å². The van der Waals surface area contributed by atoms with Crippen LogP contribution in [0.15, 0.2) is 24.3 Å². The first-order chi connectivity index (χ1) is 8.19. The molecular formula is C13H13N3S. The Balaban J connectivity index is 2.14. The highest BCUT2D eigenvalue weighted by molar-refractivity contribution is 7.15. The van der Waals surface area contributed by atoms with Gasteiger partial charge in [0.1, 0.15) is 0 Å². The van der Waals surface area contributed by atoms with E-state index in [1.54, 1.807) is 0 Å². The molecule has 0 saturated heterocycles. The van der Waals surface area contributed by atoms with Crippen molar-refractivity contribution >= 4 is 16.5 Å². The Labute approximate surface area is 105 Å². The summed E-state index contributed by atoms with van der Waals surface area (Å²) in [6.45, 7) is 1.98. The van der Waals surface area contributed by atoms with E-state index in [0.717, 1.165) is 17.7 Å². The van der Waals surface area contributed by atoms with E-state index in [2.05, 4.69) is 23.2 Å². The summed E-state index contributed by atoms with van der Waals surface area (Å²) in [5, 5.41) is 9.22. The fourth-order valence-electron chi connectivity index (χ4n) is 1.67. The van der Waals surface area contributed by atoms with E-state index in [0.29, 0.717) is 11.6 Å². The van der Waals surface area contributed by atoms with Gasteiger partial charge in [0.2, 0.25) is 0 Å². The van der Waals surface area contributed by atoms with Gasteiger partial charge in [0.05, 0.1) is 18.2 Å². The van der Waals surface area contributed by atoms with E-state index >= 15 is 0 Å². The lowest BCUT2D eigenvalue weighted by Gasteiger charge is -2.01. The smallest absolute Gasteiger partial charge is 0.180 e. The van der Waals surface area contributed by atoms with Gasteiger partial charge in [-0.05, 0) is 18.1 Å². The largest absolute Gasteiger partial charge is 0.375 e. The van der Waals surface area contributed by atoms with Gasteiger partial charge in [0.15, 0.2) is 5.13 Å². The molecule has 2 rings (SSSR count). The van der Waals surface area contributed by atoms with Crippen molar-refractivity contribution in [3.05, 3.63) is 46.0 Å². The van der Waals surface area contributed by atoms with E-state index in [1.807, 2.05) is 19.1 Å². The van der Waals surface area contributed by atoms with Crippen molar-refractivity contribution in [2.75, 3.05) is 5.73 Å². The highest BCUT2D eigenvalue weighted by atomic mass is 32.1. The van der Waals surface area contributed by atoms with E-state index in [9.17, 15) is 0 Å². The maximum absolute atomic E-state index is 8.59. The van der Waals surface area contributed by atoms with Crippen LogP contribution in [0.25, 0.3) is 0 Å². The zero-order chi connectivity index (χ0) is 12.3. The van der Waals surface area contributed by atoms with Crippen LogP contribution in [0.1, 0.15) is 21.7 Å². The molecule has 0 aliphatic heterocycles. The Morgan fingerprint density at radius 3 is 2.47 bits per heavy atom. The number of benzene rings is 1. The molecule has 0 saturated carbocycles. The van der Waals surface area contributed by atoms with Crippen molar-refractivity contribution < 1.29 is 0 Å². The summed E-state index contributed by atoms with van der Waals surface area (Å²) >= 11 is 1.54. The summed E-state index contributed by atoms with van der Waals surface area (Å²) in [7, 11) is 0. The highest BCUT2D eigenvalue weighted by Crippen LogP contribution is 2.22. The maximum atomic E-state index is 8.59. The van der Waals surface area contributed by atoms with E-state index in [4.69, 9.17) is 11.0 Å². The third kappa shape index (κ3) is 2.83. The fraction of sp³-hybridized carbons (Fsp3) is 0.231. The van der Waals surface area contributed by atoms with Crippen LogP contribution in [0.2, 0.25) is 0 Å². The predicted octanol–water partition coefficient (Wildman–Crippen LogP) is 2.69. The second kappa shape index (κ2) is 4.98. The Hall–Kier alpha value is -1.86. The minimum atomic E-state index is 0.465. The third-order valence-corrected chi connectivity index (χ3v) is 3.57. The number of nitrogens with zero attached hydrogens (tertiary/aromatic N) is 2. The maximum Gasteiger partial charge on any atom is 0.180 e. The first-order valence-corrected chi connectivity index (χ1v) is 6.17. The molecule has 0 aliphatic carbocycles. The quantitative estimate of drug-likeness (QED) is 0.901. The predicted molar refractivity (Wildman–Crippen MR) is 69.8 cm³/mol. The Morgan fingerprint density at radius 2 is 1.94 bits per heavy atom. The number of hydrogen-bond acceptors (Lipinski definition) is 4. The fourth-order valence-corrected chi connectivity index (χ4v) is 2.53. The van der Waals surface area contributed by atoms with Crippen LogP contribution in [-0.4, -0.2) is 4.98 Å². The highest BCUT2D eigenvalue weighted by Gasteiger charge is 2.06. The lowest BCUT2D eigenvalue weighted by Crippen LogP contribution is -1.89. The number of nitrogen functional groups attached to an aromatic ring is 1. The van der Waals surface area contributed by atoms with Gasteiger partial charge in [-0.25, -0.2) is 4.98 Å². The summed E-state index contributed by atoms with van der Waals surface area (Å²) in [5.74, 6) is 0. The molecule has 2 aromatic rings. The third-order valence-electron chi connectivity index (χ3n) is 2.58. The molecule has 0 bridgehead atoms. The minimum Gasteiger partial charge on any atom is -0.375 e. The van der Waals surface area contributed by atoms with Gasteiger partial charge in [0.25, 0.3) is 0 Å². The molecule has 1 heterocycles. The molecule has 0 amide bonds. The summed E-state index contributed by atoms with van der Waals surface area (Å²) in [6, 6.07) is 10.3. The van der Waals surface area contributed by atoms with Crippen LogP contribution >= 0.6 is 11.3 Å². The monoisotopic (exact) mass is 243 g/mol. The lowest BCUT2D eigenvalue weighted by molar-refractivity contribution is 1.14. The Kier molecular flexibility index (Phi) is 3.40. The standard InChI is InChI=1S/C13H13N3S/c1-9-12(17-13(15)16-9)8-11-4-2-10(3-5-11)6-7-14/h2-5H,6,8H2,1H3,(H2,15,16). The number of hydrogen-bond donors (Lipinski definition) is 1. The molecular weight excluding hydrogens is 230 g/mol. The molecule has 4 heteroatoms. The van der Waals surface area contributed by atoms with Crippen LogP contribution < -0.4 is 5.73 Å². The molecule has 3 nitrogen and oxygen atoms in total. The zero-order valence-electron chi connectivity index (χ0n) is 9.60. The molecule has 0 radical (unpaired) electrons. The summed E-state index contributed by atoms with van der Waals surface area (Å²) in [4.78, 5) is 5.41.